The second-order valence-electron chi connectivity index (χ2n) is 5.32. The Bertz CT molecular complexity index is 466. The van der Waals surface area contributed by atoms with Crippen molar-refractivity contribution in [2.24, 2.45) is 0 Å². The van der Waals surface area contributed by atoms with Crippen LogP contribution in [0.4, 0.5) is 4.79 Å². The predicted molar refractivity (Wildman–Crippen MR) is 82.9 cm³/mol. The molecule has 1 unspecified atom stereocenters. The van der Waals surface area contributed by atoms with Crippen molar-refractivity contribution < 1.29 is 14.3 Å². The molecule has 1 aromatic heterocycles. The largest absolute Gasteiger partial charge is 0.481 e. The molecule has 1 aliphatic rings. The molecule has 0 bridgehead atoms. The molecule has 1 fully saturated rings. The van der Waals surface area contributed by atoms with Gasteiger partial charge >= 0.3 is 6.03 Å². The van der Waals surface area contributed by atoms with Crippen LogP contribution in [-0.2, 0) is 11.3 Å². The second-order valence-corrected chi connectivity index (χ2v) is 5.32. The molecule has 122 valence electrons. The molecule has 1 saturated heterocycles. The molecule has 2 amide bonds. The molecular formula is C15H24N4O3. The van der Waals surface area contributed by atoms with Gasteiger partial charge in [0.2, 0.25) is 5.88 Å². The van der Waals surface area contributed by atoms with Crippen LogP contribution >= 0.6 is 0 Å². The van der Waals surface area contributed by atoms with Gasteiger partial charge in [0.1, 0.15) is 0 Å². The summed E-state index contributed by atoms with van der Waals surface area (Å²) in [6.07, 6.45) is 2.79. The third-order valence-electron chi connectivity index (χ3n) is 3.61. The van der Waals surface area contributed by atoms with E-state index in [9.17, 15) is 4.79 Å². The number of aromatic nitrogens is 1. The molecule has 7 heteroatoms. The van der Waals surface area contributed by atoms with Crippen molar-refractivity contribution in [1.29, 1.82) is 0 Å². The third kappa shape index (κ3) is 5.16. The number of rotatable bonds is 7. The van der Waals surface area contributed by atoms with E-state index in [1.807, 2.05) is 18.3 Å². The summed E-state index contributed by atoms with van der Waals surface area (Å²) in [5.41, 5.74) is 1.14. The molecule has 1 aliphatic heterocycles. The number of hydrogen-bond donors (Lipinski definition) is 2. The van der Waals surface area contributed by atoms with Crippen LogP contribution in [0.3, 0.4) is 0 Å². The number of carbonyl (C=O) groups excluding carboxylic acids is 1. The highest BCUT2D eigenvalue weighted by atomic mass is 16.5. The molecule has 2 N–H and O–H groups in total. The molecule has 22 heavy (non-hydrogen) atoms. The first-order valence-electron chi connectivity index (χ1n) is 7.46. The molecule has 2 heterocycles. The fourth-order valence-corrected chi connectivity index (χ4v) is 2.48. The average Bonchev–Trinajstić information content (AvgIpc) is 2.95. The van der Waals surface area contributed by atoms with E-state index in [1.165, 1.54) is 0 Å². The Kier molecular flexibility index (Phi) is 6.42. The van der Waals surface area contributed by atoms with Crippen LogP contribution in [-0.4, -0.2) is 62.4 Å². The van der Waals surface area contributed by atoms with Crippen molar-refractivity contribution in [3.05, 3.63) is 23.9 Å². The van der Waals surface area contributed by atoms with Gasteiger partial charge in [-0.1, -0.05) is 6.07 Å². The van der Waals surface area contributed by atoms with E-state index in [0.717, 1.165) is 31.6 Å². The number of methoxy groups -OCH3 is 2. The minimum atomic E-state index is -0.130. The fraction of sp³-hybridized carbons (Fsp3) is 0.600. The lowest BCUT2D eigenvalue weighted by Crippen LogP contribution is -2.44. The molecular weight excluding hydrogens is 284 g/mol. The Hall–Kier alpha value is -1.86. The Morgan fingerprint density at radius 3 is 3.00 bits per heavy atom. The summed E-state index contributed by atoms with van der Waals surface area (Å²) >= 11 is 0. The van der Waals surface area contributed by atoms with Gasteiger partial charge in [0, 0.05) is 51.6 Å². The quantitative estimate of drug-likeness (QED) is 0.722. The summed E-state index contributed by atoms with van der Waals surface area (Å²) in [5.74, 6) is 0.623. The van der Waals surface area contributed by atoms with Gasteiger partial charge in [-0.2, -0.15) is 0 Å². The summed E-state index contributed by atoms with van der Waals surface area (Å²) in [6, 6.07) is 3.94. The first kappa shape index (κ1) is 16.5. The highest BCUT2D eigenvalue weighted by molar-refractivity contribution is 5.74. The number of amides is 2. The molecule has 7 nitrogen and oxygen atoms in total. The normalized spacial score (nSPS) is 18.2. The minimum absolute atomic E-state index is 0.130. The number of likely N-dealkylation sites (tertiary alicyclic amines) is 1. The zero-order chi connectivity index (χ0) is 15.8. The third-order valence-corrected chi connectivity index (χ3v) is 3.61. The summed E-state index contributed by atoms with van der Waals surface area (Å²) in [5, 5.41) is 5.76. The minimum Gasteiger partial charge on any atom is -0.481 e. The monoisotopic (exact) mass is 308 g/mol. The second kappa shape index (κ2) is 8.55. The molecule has 1 atom stereocenters. The van der Waals surface area contributed by atoms with Gasteiger partial charge in [-0.15, -0.1) is 0 Å². The van der Waals surface area contributed by atoms with Crippen LogP contribution in [0.15, 0.2) is 18.3 Å². The molecule has 0 saturated carbocycles. The van der Waals surface area contributed by atoms with E-state index in [4.69, 9.17) is 9.47 Å². The number of urea groups is 1. The summed E-state index contributed by atoms with van der Waals surface area (Å²) in [6.45, 7) is 3.70. The van der Waals surface area contributed by atoms with Crippen LogP contribution in [0.2, 0.25) is 0 Å². The van der Waals surface area contributed by atoms with Crippen LogP contribution in [0.5, 0.6) is 5.88 Å². The number of hydrogen-bond acceptors (Lipinski definition) is 5. The number of pyridine rings is 1. The highest BCUT2D eigenvalue weighted by Gasteiger charge is 2.23. The Morgan fingerprint density at radius 2 is 2.32 bits per heavy atom. The maximum Gasteiger partial charge on any atom is 0.315 e. The lowest BCUT2D eigenvalue weighted by molar-refractivity contribution is 0.195. The number of nitrogens with one attached hydrogen (secondary N) is 2. The molecule has 0 aliphatic carbocycles. The Balaban J connectivity index is 1.71. The fourth-order valence-electron chi connectivity index (χ4n) is 2.48. The van der Waals surface area contributed by atoms with Crippen molar-refractivity contribution in [2.75, 3.05) is 40.5 Å². The lowest BCUT2D eigenvalue weighted by Gasteiger charge is -2.17. The first-order valence-corrected chi connectivity index (χ1v) is 7.46. The maximum absolute atomic E-state index is 11.7. The first-order chi connectivity index (χ1) is 10.7. The van der Waals surface area contributed by atoms with Gasteiger partial charge in [-0.25, -0.2) is 9.78 Å². The summed E-state index contributed by atoms with van der Waals surface area (Å²) in [4.78, 5) is 18.2. The zero-order valence-electron chi connectivity index (χ0n) is 13.2. The predicted octanol–water partition coefficient (Wildman–Crippen LogP) is 0.610. The van der Waals surface area contributed by atoms with Gasteiger partial charge in [0.25, 0.3) is 0 Å². The van der Waals surface area contributed by atoms with Crippen LogP contribution in [0.25, 0.3) is 0 Å². The highest BCUT2D eigenvalue weighted by Crippen LogP contribution is 2.14. The van der Waals surface area contributed by atoms with E-state index in [1.54, 1.807) is 14.2 Å². The Labute approximate surface area is 131 Å². The van der Waals surface area contributed by atoms with Gasteiger partial charge in [-0.05, 0) is 12.0 Å². The molecule has 0 spiro atoms. The number of carbonyl (C=O) groups is 1. The summed E-state index contributed by atoms with van der Waals surface area (Å²) < 4.78 is 9.95. The van der Waals surface area contributed by atoms with Crippen molar-refractivity contribution in [3.63, 3.8) is 0 Å². The topological polar surface area (TPSA) is 75.7 Å². The van der Waals surface area contributed by atoms with Gasteiger partial charge < -0.3 is 20.1 Å². The van der Waals surface area contributed by atoms with E-state index in [-0.39, 0.29) is 12.1 Å². The van der Waals surface area contributed by atoms with Gasteiger partial charge in [-0.3, -0.25) is 4.90 Å². The zero-order valence-corrected chi connectivity index (χ0v) is 13.2. The van der Waals surface area contributed by atoms with E-state index >= 15 is 0 Å². The molecule has 0 aromatic carbocycles. The van der Waals surface area contributed by atoms with E-state index < -0.39 is 0 Å². The van der Waals surface area contributed by atoms with Crippen molar-refractivity contribution in [3.8, 4) is 5.88 Å². The molecule has 0 radical (unpaired) electrons. The number of ether oxygens (including phenoxy) is 2. The standard InChI is InChI=1S/C15H24N4O3/c1-21-8-6-16-15(20)18-13-5-7-19(11-13)10-12-3-4-14(22-2)17-9-12/h3-4,9,13H,5-8,10-11H2,1-2H3,(H2,16,18,20). The SMILES string of the molecule is COCCNC(=O)NC1CCN(Cc2ccc(OC)nc2)C1. The van der Waals surface area contributed by atoms with E-state index in [2.05, 4.69) is 20.5 Å². The average molecular weight is 308 g/mol. The lowest BCUT2D eigenvalue weighted by atomic mass is 10.2. The number of nitrogens with zero attached hydrogens (tertiary/aromatic N) is 2. The van der Waals surface area contributed by atoms with Crippen molar-refractivity contribution in [1.82, 2.24) is 20.5 Å². The molecule has 2 rings (SSSR count). The molecule has 1 aromatic rings. The smallest absolute Gasteiger partial charge is 0.315 e. The van der Waals surface area contributed by atoms with E-state index in [0.29, 0.717) is 19.0 Å². The van der Waals surface area contributed by atoms with Crippen LogP contribution in [0.1, 0.15) is 12.0 Å². The summed E-state index contributed by atoms with van der Waals surface area (Å²) in [7, 11) is 3.22. The van der Waals surface area contributed by atoms with Crippen LogP contribution in [0, 0.1) is 0 Å². The van der Waals surface area contributed by atoms with Crippen molar-refractivity contribution in [2.45, 2.75) is 19.0 Å². The Morgan fingerprint density at radius 1 is 1.45 bits per heavy atom. The maximum atomic E-state index is 11.7. The van der Waals surface area contributed by atoms with Gasteiger partial charge in [0.05, 0.1) is 13.7 Å². The van der Waals surface area contributed by atoms with Crippen LogP contribution < -0.4 is 15.4 Å². The van der Waals surface area contributed by atoms with Gasteiger partial charge in [0.15, 0.2) is 0 Å². The van der Waals surface area contributed by atoms with Crippen molar-refractivity contribution >= 4 is 6.03 Å².